The number of carbonyl (C=O) groups excluding carboxylic acids is 1. The standard InChI is InChI=1S/C16H26N2O3.ClH/c1-11(2)10-21-14-6-5-13(9-15(14)20-4)12(3)18-16(19)7-8-17;/h5-6,9,11-12H,7-8,10,17H2,1-4H3,(H,18,19);1H. The first-order valence-electron chi connectivity index (χ1n) is 7.28. The van der Waals surface area contributed by atoms with Crippen LogP contribution in [0.15, 0.2) is 18.2 Å². The SMILES string of the molecule is COc1cc(C(C)NC(=O)CCN)ccc1OCC(C)C.Cl. The normalized spacial score (nSPS) is 11.5. The molecule has 1 aromatic rings. The highest BCUT2D eigenvalue weighted by Gasteiger charge is 2.13. The van der Waals surface area contributed by atoms with Gasteiger partial charge in [-0.1, -0.05) is 19.9 Å². The molecule has 0 saturated carbocycles. The fraction of sp³-hybridized carbons (Fsp3) is 0.562. The third-order valence-corrected chi connectivity index (χ3v) is 3.01. The minimum Gasteiger partial charge on any atom is -0.493 e. The van der Waals surface area contributed by atoms with Crippen molar-refractivity contribution >= 4 is 18.3 Å². The van der Waals surface area contributed by atoms with Gasteiger partial charge in [-0.2, -0.15) is 0 Å². The molecule has 0 heterocycles. The Kier molecular flexibility index (Phi) is 9.61. The van der Waals surface area contributed by atoms with Gasteiger partial charge in [0.15, 0.2) is 11.5 Å². The van der Waals surface area contributed by atoms with E-state index in [1.54, 1.807) is 7.11 Å². The van der Waals surface area contributed by atoms with Gasteiger partial charge in [0.2, 0.25) is 5.91 Å². The van der Waals surface area contributed by atoms with E-state index in [4.69, 9.17) is 15.2 Å². The molecule has 5 nitrogen and oxygen atoms in total. The van der Waals surface area contributed by atoms with Gasteiger partial charge >= 0.3 is 0 Å². The van der Waals surface area contributed by atoms with Crippen LogP contribution in [0.5, 0.6) is 11.5 Å². The molecule has 0 aliphatic heterocycles. The fourth-order valence-electron chi connectivity index (χ4n) is 1.86. The highest BCUT2D eigenvalue weighted by atomic mass is 35.5. The number of methoxy groups -OCH3 is 1. The number of hydrogen-bond acceptors (Lipinski definition) is 4. The first kappa shape index (κ1) is 20.5. The van der Waals surface area contributed by atoms with E-state index in [9.17, 15) is 4.79 Å². The molecule has 1 unspecified atom stereocenters. The lowest BCUT2D eigenvalue weighted by Gasteiger charge is -2.17. The van der Waals surface area contributed by atoms with Gasteiger partial charge in [-0.25, -0.2) is 0 Å². The lowest BCUT2D eigenvalue weighted by molar-refractivity contribution is -0.121. The summed E-state index contributed by atoms with van der Waals surface area (Å²) in [6.07, 6.45) is 0.330. The van der Waals surface area contributed by atoms with Crippen LogP contribution in [0, 0.1) is 5.92 Å². The lowest BCUT2D eigenvalue weighted by Crippen LogP contribution is -2.28. The molecule has 0 saturated heterocycles. The largest absolute Gasteiger partial charge is 0.493 e. The zero-order valence-electron chi connectivity index (χ0n) is 13.7. The Bertz CT molecular complexity index is 467. The van der Waals surface area contributed by atoms with Crippen molar-refractivity contribution in [3.8, 4) is 11.5 Å². The van der Waals surface area contributed by atoms with Crippen LogP contribution in [0.3, 0.4) is 0 Å². The summed E-state index contributed by atoms with van der Waals surface area (Å²) in [5.41, 5.74) is 6.34. The van der Waals surface area contributed by atoms with Crippen molar-refractivity contribution in [3.05, 3.63) is 23.8 Å². The summed E-state index contributed by atoms with van der Waals surface area (Å²) >= 11 is 0. The molecule has 22 heavy (non-hydrogen) atoms. The summed E-state index contributed by atoms with van der Waals surface area (Å²) in [7, 11) is 1.61. The average molecular weight is 331 g/mol. The minimum atomic E-state index is -0.0999. The molecule has 0 aliphatic rings. The van der Waals surface area contributed by atoms with Crippen molar-refractivity contribution < 1.29 is 14.3 Å². The first-order valence-corrected chi connectivity index (χ1v) is 7.28. The maximum Gasteiger partial charge on any atom is 0.221 e. The van der Waals surface area contributed by atoms with Crippen LogP contribution < -0.4 is 20.5 Å². The van der Waals surface area contributed by atoms with Gasteiger partial charge < -0.3 is 20.5 Å². The molecule has 1 atom stereocenters. The van der Waals surface area contributed by atoms with Gasteiger partial charge in [-0.15, -0.1) is 12.4 Å². The van der Waals surface area contributed by atoms with E-state index in [0.717, 1.165) is 11.3 Å². The summed E-state index contributed by atoms with van der Waals surface area (Å²) in [6, 6.07) is 5.61. The molecular weight excluding hydrogens is 304 g/mol. The molecule has 0 aliphatic carbocycles. The monoisotopic (exact) mass is 330 g/mol. The Morgan fingerprint density at radius 2 is 1.95 bits per heavy atom. The zero-order valence-corrected chi connectivity index (χ0v) is 14.5. The molecule has 0 spiro atoms. The van der Waals surface area contributed by atoms with Crippen LogP contribution in [-0.4, -0.2) is 26.2 Å². The fourth-order valence-corrected chi connectivity index (χ4v) is 1.86. The molecule has 3 N–H and O–H groups in total. The van der Waals surface area contributed by atoms with Crippen molar-refractivity contribution in [2.24, 2.45) is 11.7 Å². The van der Waals surface area contributed by atoms with E-state index in [1.807, 2.05) is 25.1 Å². The maximum atomic E-state index is 11.6. The third-order valence-electron chi connectivity index (χ3n) is 3.01. The van der Waals surface area contributed by atoms with Crippen molar-refractivity contribution in [1.82, 2.24) is 5.32 Å². The molecule has 0 bridgehead atoms. The van der Waals surface area contributed by atoms with Crippen LogP contribution in [0.2, 0.25) is 0 Å². The predicted octanol–water partition coefficient (Wildman–Crippen LogP) is 2.68. The van der Waals surface area contributed by atoms with E-state index < -0.39 is 0 Å². The Labute approximate surface area is 139 Å². The summed E-state index contributed by atoms with van der Waals surface area (Å²) in [6.45, 7) is 7.10. The van der Waals surface area contributed by atoms with Gasteiger partial charge in [-0.05, 0) is 30.5 Å². The van der Waals surface area contributed by atoms with Crippen LogP contribution >= 0.6 is 12.4 Å². The number of benzene rings is 1. The predicted molar refractivity (Wildman–Crippen MR) is 90.8 cm³/mol. The number of ether oxygens (including phenoxy) is 2. The lowest BCUT2D eigenvalue weighted by atomic mass is 10.1. The average Bonchev–Trinajstić information content (AvgIpc) is 2.44. The van der Waals surface area contributed by atoms with E-state index >= 15 is 0 Å². The molecule has 0 fully saturated rings. The number of rotatable bonds is 8. The first-order chi connectivity index (χ1) is 9.97. The van der Waals surface area contributed by atoms with Crippen molar-refractivity contribution in [3.63, 3.8) is 0 Å². The van der Waals surface area contributed by atoms with Crippen LogP contribution in [0.1, 0.15) is 38.8 Å². The molecule has 1 aromatic carbocycles. The van der Waals surface area contributed by atoms with E-state index in [0.29, 0.717) is 31.2 Å². The molecular formula is C16H27ClN2O3. The number of nitrogens with two attached hydrogens (primary N) is 1. The van der Waals surface area contributed by atoms with Gasteiger partial charge in [0.25, 0.3) is 0 Å². The Morgan fingerprint density at radius 1 is 1.27 bits per heavy atom. The summed E-state index contributed by atoms with van der Waals surface area (Å²) in [4.78, 5) is 11.6. The maximum absolute atomic E-state index is 11.6. The van der Waals surface area contributed by atoms with Crippen molar-refractivity contribution in [2.75, 3.05) is 20.3 Å². The number of halogens is 1. The number of carbonyl (C=O) groups is 1. The van der Waals surface area contributed by atoms with Gasteiger partial charge in [0.05, 0.1) is 19.8 Å². The topological polar surface area (TPSA) is 73.6 Å². The molecule has 1 rings (SSSR count). The number of amides is 1. The van der Waals surface area contributed by atoms with Crippen molar-refractivity contribution in [1.29, 1.82) is 0 Å². The van der Waals surface area contributed by atoms with Crippen LogP contribution in [-0.2, 0) is 4.79 Å². The van der Waals surface area contributed by atoms with E-state index in [-0.39, 0.29) is 24.4 Å². The second kappa shape index (κ2) is 10.3. The summed E-state index contributed by atoms with van der Waals surface area (Å²) in [5, 5.41) is 2.90. The molecule has 0 radical (unpaired) electrons. The summed E-state index contributed by atoms with van der Waals surface area (Å²) in [5.74, 6) is 1.79. The molecule has 126 valence electrons. The second-order valence-corrected chi connectivity index (χ2v) is 5.44. The highest BCUT2D eigenvalue weighted by Crippen LogP contribution is 2.30. The van der Waals surface area contributed by atoms with Crippen LogP contribution in [0.25, 0.3) is 0 Å². The molecule has 0 aromatic heterocycles. The number of nitrogens with one attached hydrogen (secondary N) is 1. The Balaban J connectivity index is 0.00000441. The van der Waals surface area contributed by atoms with Gasteiger partial charge in [0, 0.05) is 13.0 Å². The van der Waals surface area contributed by atoms with Gasteiger partial charge in [0.1, 0.15) is 0 Å². The zero-order chi connectivity index (χ0) is 15.8. The Morgan fingerprint density at radius 3 is 2.50 bits per heavy atom. The molecule has 6 heteroatoms. The van der Waals surface area contributed by atoms with E-state index in [2.05, 4.69) is 19.2 Å². The second-order valence-electron chi connectivity index (χ2n) is 5.44. The van der Waals surface area contributed by atoms with Gasteiger partial charge in [-0.3, -0.25) is 4.79 Å². The van der Waals surface area contributed by atoms with Crippen LogP contribution in [0.4, 0.5) is 0 Å². The number of hydrogen-bond donors (Lipinski definition) is 2. The summed E-state index contributed by atoms with van der Waals surface area (Å²) < 4.78 is 11.1. The highest BCUT2D eigenvalue weighted by molar-refractivity contribution is 5.85. The minimum absolute atomic E-state index is 0. The quantitative estimate of drug-likeness (QED) is 0.768. The third kappa shape index (κ3) is 6.54. The Hall–Kier alpha value is -1.46. The molecule has 1 amide bonds. The van der Waals surface area contributed by atoms with E-state index in [1.165, 1.54) is 0 Å². The van der Waals surface area contributed by atoms with Crippen molar-refractivity contribution in [2.45, 2.75) is 33.2 Å². The smallest absolute Gasteiger partial charge is 0.221 e.